The molecule has 1 rings (SSSR count). The van der Waals surface area contributed by atoms with Gasteiger partial charge >= 0.3 is 6.18 Å². The molecular formula is C9H11F3N4S. The van der Waals surface area contributed by atoms with Crippen molar-refractivity contribution in [3.8, 4) is 6.07 Å². The van der Waals surface area contributed by atoms with Crippen molar-refractivity contribution >= 4 is 11.8 Å². The van der Waals surface area contributed by atoms with Gasteiger partial charge in [0.05, 0.1) is 6.07 Å². The molecule has 0 aliphatic rings. The molecule has 0 aromatic carbocycles. The minimum atomic E-state index is -4.27. The fourth-order valence-corrected chi connectivity index (χ4v) is 2.04. The maximum absolute atomic E-state index is 12.2. The lowest BCUT2D eigenvalue weighted by Gasteiger charge is -2.08. The van der Waals surface area contributed by atoms with Crippen molar-refractivity contribution in [3.05, 3.63) is 6.33 Å². The predicted molar refractivity (Wildman–Crippen MR) is 56.3 cm³/mol. The van der Waals surface area contributed by atoms with Crippen LogP contribution in [0.15, 0.2) is 11.5 Å². The van der Waals surface area contributed by atoms with E-state index in [0.717, 1.165) is 23.7 Å². The Morgan fingerprint density at radius 2 is 2.18 bits per heavy atom. The van der Waals surface area contributed by atoms with Gasteiger partial charge in [-0.15, -0.1) is 10.2 Å². The standard InChI is InChI=1S/C9H11F3N4S/c10-9(11,12)6-16-7-14-15-8(16)17-5-3-1-2-4-13/h7H,1-3,5-6H2. The minimum Gasteiger partial charge on any atom is -0.299 e. The molecule has 0 aliphatic heterocycles. The summed E-state index contributed by atoms with van der Waals surface area (Å²) in [6.07, 6.45) is -1.20. The molecule has 0 atom stereocenters. The normalized spacial score (nSPS) is 11.4. The summed E-state index contributed by atoms with van der Waals surface area (Å²) in [5, 5.41) is 15.7. The molecule has 0 fully saturated rings. The molecule has 0 saturated carbocycles. The number of thioether (sulfide) groups is 1. The summed E-state index contributed by atoms with van der Waals surface area (Å²) in [6.45, 7) is -1.07. The lowest BCUT2D eigenvalue weighted by Crippen LogP contribution is -2.17. The van der Waals surface area contributed by atoms with Crippen LogP contribution in [0.3, 0.4) is 0 Å². The number of hydrogen-bond acceptors (Lipinski definition) is 4. The molecule has 0 saturated heterocycles. The van der Waals surface area contributed by atoms with E-state index in [9.17, 15) is 13.2 Å². The summed E-state index contributed by atoms with van der Waals surface area (Å²) < 4.78 is 37.5. The quantitative estimate of drug-likeness (QED) is 0.585. The van der Waals surface area contributed by atoms with Crippen molar-refractivity contribution in [2.75, 3.05) is 5.75 Å². The van der Waals surface area contributed by atoms with Crippen LogP contribution >= 0.6 is 11.8 Å². The number of halogens is 3. The molecule has 1 aromatic heterocycles. The molecule has 0 bridgehead atoms. The summed E-state index contributed by atoms with van der Waals surface area (Å²) in [5.74, 6) is 0.637. The molecule has 0 aliphatic carbocycles. The van der Waals surface area contributed by atoms with E-state index in [1.165, 1.54) is 11.8 Å². The lowest BCUT2D eigenvalue weighted by molar-refractivity contribution is -0.142. The summed E-state index contributed by atoms with van der Waals surface area (Å²) in [7, 11) is 0. The van der Waals surface area contributed by atoms with Crippen LogP contribution in [0.5, 0.6) is 0 Å². The van der Waals surface area contributed by atoms with E-state index in [1.807, 2.05) is 6.07 Å². The fourth-order valence-electron chi connectivity index (χ4n) is 1.13. The van der Waals surface area contributed by atoms with E-state index >= 15 is 0 Å². The zero-order chi connectivity index (χ0) is 12.7. The Morgan fingerprint density at radius 1 is 1.41 bits per heavy atom. The summed E-state index contributed by atoms with van der Waals surface area (Å²) in [4.78, 5) is 0. The number of alkyl halides is 3. The molecule has 17 heavy (non-hydrogen) atoms. The Bertz CT molecular complexity index is 382. The first kappa shape index (κ1) is 13.8. The average molecular weight is 264 g/mol. The van der Waals surface area contributed by atoms with Crippen LogP contribution in [0.2, 0.25) is 0 Å². The molecule has 1 aromatic rings. The van der Waals surface area contributed by atoms with Crippen molar-refractivity contribution in [2.45, 2.75) is 37.1 Å². The van der Waals surface area contributed by atoms with E-state index in [2.05, 4.69) is 10.2 Å². The molecule has 4 nitrogen and oxygen atoms in total. The van der Waals surface area contributed by atoms with E-state index in [-0.39, 0.29) is 5.16 Å². The molecule has 0 spiro atoms. The van der Waals surface area contributed by atoms with E-state index in [1.54, 1.807) is 0 Å². The summed E-state index contributed by atoms with van der Waals surface area (Å²) in [6, 6.07) is 2.01. The number of nitriles is 1. The van der Waals surface area contributed by atoms with Crippen LogP contribution in [0.25, 0.3) is 0 Å². The Hall–Kier alpha value is -1.23. The van der Waals surface area contributed by atoms with Gasteiger partial charge in [0.25, 0.3) is 0 Å². The van der Waals surface area contributed by atoms with E-state index < -0.39 is 12.7 Å². The van der Waals surface area contributed by atoms with Gasteiger partial charge in [0.2, 0.25) is 0 Å². The molecule has 0 amide bonds. The second-order valence-corrected chi connectivity index (χ2v) is 4.38. The van der Waals surface area contributed by atoms with E-state index in [0.29, 0.717) is 12.2 Å². The van der Waals surface area contributed by atoms with Gasteiger partial charge < -0.3 is 0 Å². The Kier molecular flexibility index (Phi) is 5.28. The molecule has 0 radical (unpaired) electrons. The Morgan fingerprint density at radius 3 is 2.82 bits per heavy atom. The number of hydrogen-bond donors (Lipinski definition) is 0. The Balaban J connectivity index is 2.39. The monoisotopic (exact) mass is 264 g/mol. The van der Waals surface area contributed by atoms with Gasteiger partial charge in [0.1, 0.15) is 12.9 Å². The highest BCUT2D eigenvalue weighted by Gasteiger charge is 2.29. The van der Waals surface area contributed by atoms with Gasteiger partial charge in [-0.1, -0.05) is 11.8 Å². The topological polar surface area (TPSA) is 54.5 Å². The molecule has 8 heteroatoms. The molecule has 94 valence electrons. The second kappa shape index (κ2) is 6.49. The highest BCUT2D eigenvalue weighted by Crippen LogP contribution is 2.22. The zero-order valence-electron chi connectivity index (χ0n) is 8.94. The summed E-state index contributed by atoms with van der Waals surface area (Å²) in [5.41, 5.74) is 0. The van der Waals surface area contributed by atoms with Crippen LogP contribution < -0.4 is 0 Å². The number of aromatic nitrogens is 3. The predicted octanol–water partition coefficient (Wildman–Crippen LogP) is 2.63. The first-order chi connectivity index (χ1) is 8.03. The van der Waals surface area contributed by atoms with Gasteiger partial charge in [0.15, 0.2) is 5.16 Å². The highest BCUT2D eigenvalue weighted by atomic mass is 32.2. The van der Waals surface area contributed by atoms with Crippen LogP contribution in [0.4, 0.5) is 13.2 Å². The molecule has 0 unspecified atom stereocenters. The molecular weight excluding hydrogens is 253 g/mol. The van der Waals surface area contributed by atoms with Gasteiger partial charge in [-0.2, -0.15) is 18.4 Å². The molecule has 0 N–H and O–H groups in total. The van der Waals surface area contributed by atoms with Crippen LogP contribution in [0, 0.1) is 11.3 Å². The maximum atomic E-state index is 12.2. The lowest BCUT2D eigenvalue weighted by atomic mass is 10.3. The summed E-state index contributed by atoms with van der Waals surface area (Å²) >= 11 is 1.22. The van der Waals surface area contributed by atoms with Crippen molar-refractivity contribution < 1.29 is 13.2 Å². The number of unbranched alkanes of at least 4 members (excludes halogenated alkanes) is 2. The number of nitrogens with zero attached hydrogens (tertiary/aromatic N) is 4. The van der Waals surface area contributed by atoms with Gasteiger partial charge in [0, 0.05) is 12.2 Å². The number of rotatable bonds is 6. The third kappa shape index (κ3) is 5.58. The van der Waals surface area contributed by atoms with Gasteiger partial charge in [-0.25, -0.2) is 0 Å². The van der Waals surface area contributed by atoms with Crippen molar-refractivity contribution in [1.82, 2.24) is 14.8 Å². The SMILES string of the molecule is N#CCCCCSc1nncn1CC(F)(F)F. The van der Waals surface area contributed by atoms with Crippen molar-refractivity contribution in [2.24, 2.45) is 0 Å². The first-order valence-corrected chi connectivity index (χ1v) is 5.96. The smallest absolute Gasteiger partial charge is 0.299 e. The van der Waals surface area contributed by atoms with Crippen LogP contribution in [-0.2, 0) is 6.54 Å². The van der Waals surface area contributed by atoms with Crippen molar-refractivity contribution in [3.63, 3.8) is 0 Å². The average Bonchev–Trinajstić information content (AvgIpc) is 2.63. The van der Waals surface area contributed by atoms with E-state index in [4.69, 9.17) is 5.26 Å². The van der Waals surface area contributed by atoms with Gasteiger partial charge in [-0.3, -0.25) is 4.57 Å². The minimum absolute atomic E-state index is 0.263. The van der Waals surface area contributed by atoms with Crippen LogP contribution in [0.1, 0.15) is 19.3 Å². The largest absolute Gasteiger partial charge is 0.406 e. The fraction of sp³-hybridized carbons (Fsp3) is 0.667. The highest BCUT2D eigenvalue weighted by molar-refractivity contribution is 7.99. The second-order valence-electron chi connectivity index (χ2n) is 3.32. The zero-order valence-corrected chi connectivity index (χ0v) is 9.76. The first-order valence-electron chi connectivity index (χ1n) is 4.97. The third-order valence-corrected chi connectivity index (χ3v) is 2.91. The molecule has 1 heterocycles. The van der Waals surface area contributed by atoms with Crippen molar-refractivity contribution in [1.29, 1.82) is 5.26 Å². The Labute approximate surface area is 101 Å². The van der Waals surface area contributed by atoms with Gasteiger partial charge in [-0.05, 0) is 12.8 Å². The maximum Gasteiger partial charge on any atom is 0.406 e. The third-order valence-electron chi connectivity index (χ3n) is 1.84. The van der Waals surface area contributed by atoms with Crippen LogP contribution in [-0.4, -0.2) is 26.7 Å².